The van der Waals surface area contributed by atoms with Gasteiger partial charge in [-0.1, -0.05) is 20.8 Å². The molecule has 1 saturated heterocycles. The number of hydrogen-bond donors (Lipinski definition) is 1. The number of aliphatic hydroxyl groups is 1. The van der Waals surface area contributed by atoms with E-state index in [4.69, 9.17) is 5.11 Å². The molecule has 0 radical (unpaired) electrons. The van der Waals surface area contributed by atoms with Gasteiger partial charge in [-0.2, -0.15) is 13.5 Å². The normalized spacial score (nSPS) is 26.3. The summed E-state index contributed by atoms with van der Waals surface area (Å²) in [5, 5.41) is 8.90. The van der Waals surface area contributed by atoms with Crippen LogP contribution in [0.1, 0.15) is 40.5 Å². The van der Waals surface area contributed by atoms with Crippen molar-refractivity contribution in [2.24, 2.45) is 5.41 Å². The maximum absolute atomic E-state index is 11.6. The number of rotatable bonds is 1. The second-order valence-corrected chi connectivity index (χ2v) is 5.33. The zero-order valence-electron chi connectivity index (χ0n) is 10.1. The fourth-order valence-corrected chi connectivity index (χ4v) is 2.23. The van der Waals surface area contributed by atoms with Crippen molar-refractivity contribution in [1.29, 1.82) is 0 Å². The Kier molecular flexibility index (Phi) is 4.67. The Morgan fingerprint density at radius 3 is 2.40 bits per heavy atom. The second-order valence-electron chi connectivity index (χ2n) is 5.33. The van der Waals surface area contributed by atoms with Crippen LogP contribution in [0.3, 0.4) is 0 Å². The molecule has 4 heteroatoms. The van der Waals surface area contributed by atoms with Crippen LogP contribution in [-0.2, 0) is 4.79 Å². The number of hydrogen-bond acceptors (Lipinski definition) is 2. The largest absolute Gasteiger partial charge is 0.387 e. The topological polar surface area (TPSA) is 40.5 Å². The van der Waals surface area contributed by atoms with E-state index in [-0.39, 0.29) is 37.0 Å². The molecular weight excluding hydrogens is 210 g/mol. The Hall–Kier alpha value is -0.220. The van der Waals surface area contributed by atoms with E-state index >= 15 is 0 Å². The van der Waals surface area contributed by atoms with Gasteiger partial charge in [0.25, 0.3) is 0 Å². The molecule has 0 unspecified atom stereocenters. The van der Waals surface area contributed by atoms with E-state index in [0.717, 1.165) is 19.4 Å². The average Bonchev–Trinajstić information content (AvgIpc) is 2.46. The lowest BCUT2D eigenvalue weighted by molar-refractivity contribution is -0.141. The van der Waals surface area contributed by atoms with Gasteiger partial charge in [0.1, 0.15) is 6.61 Å². The molecule has 1 amide bonds. The summed E-state index contributed by atoms with van der Waals surface area (Å²) in [5.74, 6) is -0.139. The maximum atomic E-state index is 11.6. The highest BCUT2D eigenvalue weighted by Crippen LogP contribution is 2.43. The monoisotopic (exact) mass is 233 g/mol. The molecule has 1 rings (SSSR count). The maximum Gasteiger partial charge on any atom is 0.248 e. The highest BCUT2D eigenvalue weighted by atomic mass is 32.1. The summed E-state index contributed by atoms with van der Waals surface area (Å²) in [5.41, 5.74) is -0.0405. The molecule has 0 bridgehead atoms. The number of likely N-dealkylation sites (tertiary alicyclic amines) is 1. The number of aliphatic hydroxyl groups excluding tert-OH is 1. The molecule has 1 N–H and O–H groups in total. The van der Waals surface area contributed by atoms with Crippen LogP contribution in [0.5, 0.6) is 0 Å². The molecule has 0 saturated carbocycles. The van der Waals surface area contributed by atoms with E-state index in [1.54, 1.807) is 0 Å². The summed E-state index contributed by atoms with van der Waals surface area (Å²) in [6, 6.07) is 0. The third-order valence-corrected chi connectivity index (χ3v) is 3.69. The minimum absolute atomic E-state index is 0. The summed E-state index contributed by atoms with van der Waals surface area (Å²) >= 11 is 0. The fraction of sp³-hybridized carbons (Fsp3) is 0.909. The van der Waals surface area contributed by atoms with Crippen molar-refractivity contribution in [3.05, 3.63) is 0 Å². The van der Waals surface area contributed by atoms with Crippen molar-refractivity contribution in [2.75, 3.05) is 13.2 Å². The molecule has 1 aliphatic rings. The molecule has 0 aromatic rings. The zero-order valence-corrected chi connectivity index (χ0v) is 11.1. The van der Waals surface area contributed by atoms with Gasteiger partial charge in [0.05, 0.1) is 0 Å². The smallest absolute Gasteiger partial charge is 0.248 e. The van der Waals surface area contributed by atoms with Crippen molar-refractivity contribution in [2.45, 2.75) is 46.1 Å². The Morgan fingerprint density at radius 1 is 1.47 bits per heavy atom. The van der Waals surface area contributed by atoms with Gasteiger partial charge < -0.3 is 10.0 Å². The fourth-order valence-electron chi connectivity index (χ4n) is 2.23. The van der Waals surface area contributed by atoms with Gasteiger partial charge in [0.15, 0.2) is 0 Å². The van der Waals surface area contributed by atoms with Crippen LogP contribution in [0, 0.1) is 5.41 Å². The van der Waals surface area contributed by atoms with Crippen molar-refractivity contribution >= 4 is 19.4 Å². The first kappa shape index (κ1) is 14.8. The number of nitrogens with zero attached hydrogens (tertiary/aromatic N) is 1. The lowest BCUT2D eigenvalue weighted by atomic mass is 9.73. The standard InChI is InChI=1S/C11H21NO2.H2S/c1-10(2,3)11(4)6-5-7-12(11)9(14)8-13;/h13H,5-8H2,1-4H3;1H2/t11-;/m0./s1. The lowest BCUT2D eigenvalue weighted by Crippen LogP contribution is -2.54. The summed E-state index contributed by atoms with van der Waals surface area (Å²) < 4.78 is 0. The highest BCUT2D eigenvalue weighted by Gasteiger charge is 2.47. The molecule has 0 aromatic heterocycles. The first-order valence-electron chi connectivity index (χ1n) is 5.24. The molecule has 0 aliphatic carbocycles. The van der Waals surface area contributed by atoms with Crippen LogP contribution >= 0.6 is 13.5 Å². The highest BCUT2D eigenvalue weighted by molar-refractivity contribution is 7.59. The minimum Gasteiger partial charge on any atom is -0.387 e. The van der Waals surface area contributed by atoms with Crippen LogP contribution in [0.25, 0.3) is 0 Å². The quantitative estimate of drug-likeness (QED) is 0.746. The van der Waals surface area contributed by atoms with Crippen molar-refractivity contribution in [3.63, 3.8) is 0 Å². The summed E-state index contributed by atoms with van der Waals surface area (Å²) in [7, 11) is 0. The summed E-state index contributed by atoms with van der Waals surface area (Å²) in [6.45, 7) is 8.98. The average molecular weight is 233 g/mol. The predicted molar refractivity (Wildman–Crippen MR) is 66.3 cm³/mol. The number of carbonyl (C=O) groups is 1. The summed E-state index contributed by atoms with van der Waals surface area (Å²) in [6.07, 6.45) is 2.07. The van der Waals surface area contributed by atoms with E-state index in [2.05, 4.69) is 27.7 Å². The first-order chi connectivity index (χ1) is 6.33. The van der Waals surface area contributed by atoms with Gasteiger partial charge in [-0.15, -0.1) is 0 Å². The molecule has 90 valence electrons. The molecule has 1 heterocycles. The minimum atomic E-state index is -0.369. The molecule has 3 nitrogen and oxygen atoms in total. The lowest BCUT2D eigenvalue weighted by Gasteiger charge is -2.45. The molecular formula is C11H23NO2S. The van der Waals surface area contributed by atoms with Gasteiger partial charge in [-0.05, 0) is 25.2 Å². The predicted octanol–water partition coefficient (Wildman–Crippen LogP) is 1.52. The van der Waals surface area contributed by atoms with E-state index in [1.807, 2.05) is 4.90 Å². The van der Waals surface area contributed by atoms with Gasteiger partial charge in [-0.25, -0.2) is 0 Å². The van der Waals surface area contributed by atoms with E-state index in [1.165, 1.54) is 0 Å². The molecule has 0 spiro atoms. The Labute approximate surface area is 99.3 Å². The summed E-state index contributed by atoms with van der Waals surface area (Å²) in [4.78, 5) is 13.4. The Balaban J connectivity index is 0.00000196. The second kappa shape index (κ2) is 4.74. The van der Waals surface area contributed by atoms with Crippen molar-refractivity contribution < 1.29 is 9.90 Å². The number of carbonyl (C=O) groups excluding carboxylic acids is 1. The van der Waals surface area contributed by atoms with Gasteiger partial charge >= 0.3 is 0 Å². The van der Waals surface area contributed by atoms with Gasteiger partial charge in [0, 0.05) is 12.1 Å². The van der Waals surface area contributed by atoms with Crippen LogP contribution < -0.4 is 0 Å². The molecule has 0 aromatic carbocycles. The molecule has 15 heavy (non-hydrogen) atoms. The van der Waals surface area contributed by atoms with E-state index in [0.29, 0.717) is 0 Å². The molecule has 1 fully saturated rings. The first-order valence-corrected chi connectivity index (χ1v) is 5.24. The molecule has 1 aliphatic heterocycles. The van der Waals surface area contributed by atoms with Gasteiger partial charge in [-0.3, -0.25) is 4.79 Å². The SMILES string of the molecule is CC(C)(C)[C@]1(C)CCCN1C(=O)CO.S. The third kappa shape index (κ3) is 2.48. The van der Waals surface area contributed by atoms with Crippen LogP contribution in [0.2, 0.25) is 0 Å². The number of amides is 1. The van der Waals surface area contributed by atoms with Crippen LogP contribution in [0.15, 0.2) is 0 Å². The van der Waals surface area contributed by atoms with Crippen LogP contribution in [-0.4, -0.2) is 34.6 Å². The van der Waals surface area contributed by atoms with Crippen molar-refractivity contribution in [3.8, 4) is 0 Å². The van der Waals surface area contributed by atoms with Crippen molar-refractivity contribution in [1.82, 2.24) is 4.90 Å². The van der Waals surface area contributed by atoms with E-state index in [9.17, 15) is 4.79 Å². The van der Waals surface area contributed by atoms with Gasteiger partial charge in [0.2, 0.25) is 5.91 Å². The zero-order chi connectivity index (χ0) is 11.0. The van der Waals surface area contributed by atoms with Crippen LogP contribution in [0.4, 0.5) is 0 Å². The Morgan fingerprint density at radius 2 is 2.00 bits per heavy atom. The third-order valence-electron chi connectivity index (χ3n) is 3.69. The molecule has 1 atom stereocenters. The van der Waals surface area contributed by atoms with E-state index < -0.39 is 0 Å². The Bertz CT molecular complexity index is 237.